The molecule has 2 heterocycles. The van der Waals surface area contributed by atoms with Crippen LogP contribution in [0.3, 0.4) is 0 Å². The minimum atomic E-state index is -0.194. The summed E-state index contributed by atoms with van der Waals surface area (Å²) in [6, 6.07) is 11.1. The van der Waals surface area contributed by atoms with Gasteiger partial charge in [0.25, 0.3) is 0 Å². The smallest absolute Gasteiger partial charge is 0.234 e. The van der Waals surface area contributed by atoms with Crippen molar-refractivity contribution in [1.29, 1.82) is 0 Å². The van der Waals surface area contributed by atoms with Crippen molar-refractivity contribution in [3.8, 4) is 17.1 Å². The predicted molar refractivity (Wildman–Crippen MR) is 106 cm³/mol. The Bertz CT molecular complexity index is 930. The highest BCUT2D eigenvalue weighted by Gasteiger charge is 2.14. The molecule has 1 N–H and O–H groups in total. The molecular formula is C18H18ClN5O2S. The maximum Gasteiger partial charge on any atom is 0.234 e. The van der Waals surface area contributed by atoms with E-state index in [-0.39, 0.29) is 16.8 Å². The molecule has 140 valence electrons. The number of ether oxygens (including phenoxy) is 1. The summed E-state index contributed by atoms with van der Waals surface area (Å²) in [5, 5.41) is 12.0. The fourth-order valence-electron chi connectivity index (χ4n) is 2.35. The number of carbonyl (C=O) groups is 1. The summed E-state index contributed by atoms with van der Waals surface area (Å²) >= 11 is 7.24. The van der Waals surface area contributed by atoms with E-state index in [9.17, 15) is 4.79 Å². The van der Waals surface area contributed by atoms with E-state index in [1.165, 1.54) is 11.8 Å². The van der Waals surface area contributed by atoms with Gasteiger partial charge in [0.05, 0.1) is 18.0 Å². The van der Waals surface area contributed by atoms with Crippen molar-refractivity contribution < 1.29 is 9.53 Å². The lowest BCUT2D eigenvalue weighted by atomic mass is 10.2. The van der Waals surface area contributed by atoms with Crippen LogP contribution in [0.4, 0.5) is 5.69 Å². The second-order valence-electron chi connectivity index (χ2n) is 5.50. The fraction of sp³-hybridized carbons (Fsp3) is 0.222. The van der Waals surface area contributed by atoms with Crippen molar-refractivity contribution in [2.24, 2.45) is 7.05 Å². The first-order chi connectivity index (χ1) is 13.1. The van der Waals surface area contributed by atoms with Crippen molar-refractivity contribution in [3.63, 3.8) is 0 Å². The zero-order valence-corrected chi connectivity index (χ0v) is 16.4. The van der Waals surface area contributed by atoms with E-state index >= 15 is 0 Å². The largest absolute Gasteiger partial charge is 0.494 e. The molecule has 1 aromatic carbocycles. The first-order valence-corrected chi connectivity index (χ1v) is 9.60. The van der Waals surface area contributed by atoms with Gasteiger partial charge in [0.2, 0.25) is 5.91 Å². The lowest BCUT2D eigenvalue weighted by molar-refractivity contribution is -0.113. The number of nitrogens with one attached hydrogen (secondary N) is 1. The Balaban J connectivity index is 1.63. The molecule has 27 heavy (non-hydrogen) atoms. The quantitative estimate of drug-likeness (QED) is 0.479. The molecule has 0 atom stereocenters. The van der Waals surface area contributed by atoms with E-state index < -0.39 is 0 Å². The van der Waals surface area contributed by atoms with Gasteiger partial charge < -0.3 is 14.6 Å². The van der Waals surface area contributed by atoms with Crippen LogP contribution in [0.15, 0.2) is 47.8 Å². The highest BCUT2D eigenvalue weighted by Crippen LogP contribution is 2.25. The SMILES string of the molecule is CCOc1ccc(-c2nnc(SCC(=O)Nc3cccnc3Cl)n2C)cc1. The molecule has 0 fully saturated rings. The van der Waals surface area contributed by atoms with Crippen LogP contribution >= 0.6 is 23.4 Å². The monoisotopic (exact) mass is 403 g/mol. The van der Waals surface area contributed by atoms with Crippen LogP contribution in [0.25, 0.3) is 11.4 Å². The van der Waals surface area contributed by atoms with Crippen LogP contribution in [0, 0.1) is 0 Å². The van der Waals surface area contributed by atoms with Gasteiger partial charge in [-0.25, -0.2) is 4.98 Å². The maximum absolute atomic E-state index is 12.1. The molecule has 3 aromatic rings. The summed E-state index contributed by atoms with van der Waals surface area (Å²) in [6.45, 7) is 2.56. The number of rotatable bonds is 7. The number of nitrogens with zero attached hydrogens (tertiary/aromatic N) is 4. The van der Waals surface area contributed by atoms with Crippen molar-refractivity contribution in [2.45, 2.75) is 12.1 Å². The number of anilines is 1. The molecule has 0 saturated carbocycles. The van der Waals surface area contributed by atoms with Gasteiger partial charge >= 0.3 is 0 Å². The van der Waals surface area contributed by atoms with Gasteiger partial charge in [0.1, 0.15) is 5.75 Å². The van der Waals surface area contributed by atoms with E-state index in [2.05, 4.69) is 20.5 Å². The highest BCUT2D eigenvalue weighted by molar-refractivity contribution is 7.99. The van der Waals surface area contributed by atoms with Crippen molar-refractivity contribution >= 4 is 35.0 Å². The van der Waals surface area contributed by atoms with Gasteiger partial charge in [-0.15, -0.1) is 10.2 Å². The average Bonchev–Trinajstić information content (AvgIpc) is 3.03. The van der Waals surface area contributed by atoms with Crippen molar-refractivity contribution in [2.75, 3.05) is 17.7 Å². The second kappa shape index (κ2) is 8.88. The summed E-state index contributed by atoms with van der Waals surface area (Å²) in [6.07, 6.45) is 1.56. The number of pyridine rings is 1. The molecule has 0 aliphatic rings. The van der Waals surface area contributed by atoms with Crippen LogP contribution in [-0.4, -0.2) is 38.0 Å². The summed E-state index contributed by atoms with van der Waals surface area (Å²) in [7, 11) is 1.87. The van der Waals surface area contributed by atoms with Gasteiger partial charge in [-0.2, -0.15) is 0 Å². The molecule has 0 aliphatic carbocycles. The fourth-order valence-corrected chi connectivity index (χ4v) is 3.23. The number of carbonyl (C=O) groups excluding carboxylic acids is 1. The first kappa shape index (κ1) is 19.2. The summed E-state index contributed by atoms with van der Waals surface area (Å²) < 4.78 is 7.30. The minimum Gasteiger partial charge on any atom is -0.494 e. The standard InChI is InChI=1S/C18H18ClN5O2S/c1-3-26-13-8-6-12(7-9-13)17-22-23-18(24(17)2)27-11-15(25)21-14-5-4-10-20-16(14)19/h4-10H,3,11H2,1-2H3,(H,21,25). The molecule has 0 radical (unpaired) electrons. The topological polar surface area (TPSA) is 81.9 Å². The van der Waals surface area contributed by atoms with Crippen molar-refractivity contribution in [1.82, 2.24) is 19.7 Å². The third-order valence-electron chi connectivity index (χ3n) is 3.62. The van der Waals surface area contributed by atoms with Crippen LogP contribution in [0.2, 0.25) is 5.15 Å². The molecule has 0 aliphatic heterocycles. The molecule has 1 amide bonds. The highest BCUT2D eigenvalue weighted by atomic mass is 35.5. The number of amides is 1. The zero-order valence-electron chi connectivity index (χ0n) is 14.8. The molecule has 7 nitrogen and oxygen atoms in total. The maximum atomic E-state index is 12.1. The van der Waals surface area contributed by atoms with E-state index in [1.54, 1.807) is 18.3 Å². The molecule has 3 rings (SSSR count). The van der Waals surface area contributed by atoms with Gasteiger partial charge in [-0.1, -0.05) is 23.4 Å². The van der Waals surface area contributed by atoms with Gasteiger partial charge in [0, 0.05) is 18.8 Å². The molecule has 0 unspecified atom stereocenters. The van der Waals surface area contributed by atoms with Gasteiger partial charge in [-0.3, -0.25) is 4.79 Å². The summed E-state index contributed by atoms with van der Waals surface area (Å²) in [4.78, 5) is 16.1. The Morgan fingerprint density at radius 2 is 2.04 bits per heavy atom. The zero-order chi connectivity index (χ0) is 19.2. The Morgan fingerprint density at radius 1 is 1.26 bits per heavy atom. The second-order valence-corrected chi connectivity index (χ2v) is 6.80. The van der Waals surface area contributed by atoms with Crippen LogP contribution in [0.5, 0.6) is 5.75 Å². The Kier molecular flexibility index (Phi) is 6.31. The first-order valence-electron chi connectivity index (χ1n) is 8.24. The Morgan fingerprint density at radius 3 is 2.74 bits per heavy atom. The third kappa shape index (κ3) is 4.78. The molecule has 0 saturated heterocycles. The number of aromatic nitrogens is 4. The normalized spacial score (nSPS) is 10.6. The van der Waals surface area contributed by atoms with Crippen LogP contribution in [0.1, 0.15) is 6.92 Å². The molecule has 0 bridgehead atoms. The predicted octanol–water partition coefficient (Wildman–Crippen LogP) is 3.66. The number of halogens is 1. The number of hydrogen-bond acceptors (Lipinski definition) is 6. The van der Waals surface area contributed by atoms with E-state index in [4.69, 9.17) is 16.3 Å². The van der Waals surface area contributed by atoms with E-state index in [1.807, 2.05) is 42.8 Å². The van der Waals surface area contributed by atoms with Crippen LogP contribution < -0.4 is 10.1 Å². The summed E-state index contributed by atoms with van der Waals surface area (Å²) in [5.74, 6) is 1.51. The number of hydrogen-bond donors (Lipinski definition) is 1. The van der Waals surface area contributed by atoms with Crippen LogP contribution in [-0.2, 0) is 11.8 Å². The van der Waals surface area contributed by atoms with Crippen molar-refractivity contribution in [3.05, 3.63) is 47.7 Å². The summed E-state index contributed by atoms with van der Waals surface area (Å²) in [5.41, 5.74) is 1.41. The Hall–Kier alpha value is -2.58. The average molecular weight is 404 g/mol. The lowest BCUT2D eigenvalue weighted by Crippen LogP contribution is -2.15. The molecule has 2 aromatic heterocycles. The van der Waals surface area contributed by atoms with Gasteiger partial charge in [-0.05, 0) is 43.3 Å². The third-order valence-corrected chi connectivity index (χ3v) is 4.95. The molecule has 9 heteroatoms. The van der Waals surface area contributed by atoms with E-state index in [0.29, 0.717) is 17.5 Å². The van der Waals surface area contributed by atoms with E-state index in [0.717, 1.165) is 17.1 Å². The molecular weight excluding hydrogens is 386 g/mol. The Labute approximate surface area is 166 Å². The van der Waals surface area contributed by atoms with Gasteiger partial charge in [0.15, 0.2) is 16.1 Å². The number of thioether (sulfide) groups is 1. The molecule has 0 spiro atoms. The lowest BCUT2D eigenvalue weighted by Gasteiger charge is -2.07. The number of benzene rings is 1. The minimum absolute atomic E-state index is 0.181.